The second kappa shape index (κ2) is 9.01. The van der Waals surface area contributed by atoms with E-state index in [1.54, 1.807) is 0 Å². The van der Waals surface area contributed by atoms with Gasteiger partial charge in [0, 0.05) is 30.5 Å². The van der Waals surface area contributed by atoms with Crippen LogP contribution in [0.3, 0.4) is 0 Å². The molecule has 1 aliphatic heterocycles. The minimum absolute atomic E-state index is 0.145. The third kappa shape index (κ3) is 4.20. The standard InChI is InChI=1S/C25H23F2N5O3/c1-13(2)24-30-22(31-35-24)14-7-9-32(10-8-14)23-20-18(26)6-5-16(21(20)28-12-29-23)15-3-4-17(25(33)34)19(27)11-15/h3-6,11-14H,7-10H2,1-2H3,(H,33,34). The summed E-state index contributed by atoms with van der Waals surface area (Å²) in [6, 6.07) is 6.62. The Morgan fingerprint density at radius 3 is 2.54 bits per heavy atom. The molecule has 1 aliphatic rings. The lowest BCUT2D eigenvalue weighted by Crippen LogP contribution is -2.34. The summed E-state index contributed by atoms with van der Waals surface area (Å²) in [5.41, 5.74) is 0.794. The van der Waals surface area contributed by atoms with Gasteiger partial charge in [0.15, 0.2) is 5.82 Å². The number of rotatable bonds is 5. The van der Waals surface area contributed by atoms with E-state index < -0.39 is 23.2 Å². The van der Waals surface area contributed by atoms with Gasteiger partial charge in [0.05, 0.1) is 16.5 Å². The number of hydrogen-bond acceptors (Lipinski definition) is 7. The van der Waals surface area contributed by atoms with Crippen molar-refractivity contribution >= 4 is 22.7 Å². The highest BCUT2D eigenvalue weighted by atomic mass is 19.1. The molecule has 8 nitrogen and oxygen atoms in total. The van der Waals surface area contributed by atoms with Crippen LogP contribution in [-0.2, 0) is 0 Å². The van der Waals surface area contributed by atoms with E-state index in [-0.39, 0.29) is 17.2 Å². The van der Waals surface area contributed by atoms with Crippen molar-refractivity contribution in [1.29, 1.82) is 0 Å². The minimum Gasteiger partial charge on any atom is -0.478 e. The van der Waals surface area contributed by atoms with E-state index in [1.165, 1.54) is 30.6 Å². The average Bonchev–Trinajstić information content (AvgIpc) is 3.35. The first-order valence-electron chi connectivity index (χ1n) is 11.4. The molecule has 180 valence electrons. The lowest BCUT2D eigenvalue weighted by molar-refractivity contribution is 0.0692. The highest BCUT2D eigenvalue weighted by Crippen LogP contribution is 2.36. The molecular formula is C25H23F2N5O3. The molecule has 0 aliphatic carbocycles. The van der Waals surface area contributed by atoms with Crippen LogP contribution in [0.4, 0.5) is 14.6 Å². The van der Waals surface area contributed by atoms with Crippen LogP contribution in [0.25, 0.3) is 22.0 Å². The van der Waals surface area contributed by atoms with Crippen LogP contribution in [0.5, 0.6) is 0 Å². The number of nitrogens with zero attached hydrogens (tertiary/aromatic N) is 5. The number of fused-ring (bicyclic) bond motifs is 1. The molecule has 2 aromatic heterocycles. The third-order valence-electron chi connectivity index (χ3n) is 6.34. The quantitative estimate of drug-likeness (QED) is 0.418. The van der Waals surface area contributed by atoms with Crippen molar-refractivity contribution in [2.45, 2.75) is 38.5 Å². The van der Waals surface area contributed by atoms with Crippen LogP contribution in [-0.4, -0.2) is 44.3 Å². The molecular weight excluding hydrogens is 456 g/mol. The topological polar surface area (TPSA) is 105 Å². The molecule has 0 atom stereocenters. The zero-order valence-corrected chi connectivity index (χ0v) is 19.2. The first-order chi connectivity index (χ1) is 16.8. The van der Waals surface area contributed by atoms with Crippen LogP contribution in [0, 0.1) is 11.6 Å². The first-order valence-corrected chi connectivity index (χ1v) is 11.4. The third-order valence-corrected chi connectivity index (χ3v) is 6.34. The van der Waals surface area contributed by atoms with Gasteiger partial charge in [0.25, 0.3) is 0 Å². The first kappa shape index (κ1) is 22.8. The number of piperidine rings is 1. The molecule has 5 rings (SSSR count). The fourth-order valence-corrected chi connectivity index (χ4v) is 4.45. The van der Waals surface area contributed by atoms with Crippen molar-refractivity contribution in [3.05, 3.63) is 65.6 Å². The largest absolute Gasteiger partial charge is 0.478 e. The zero-order valence-electron chi connectivity index (χ0n) is 19.2. The molecule has 0 saturated carbocycles. The zero-order chi connectivity index (χ0) is 24.7. The van der Waals surface area contributed by atoms with Gasteiger partial charge in [-0.3, -0.25) is 0 Å². The molecule has 0 bridgehead atoms. The number of carbonyl (C=O) groups is 1. The highest BCUT2D eigenvalue weighted by Gasteiger charge is 2.28. The Hall–Kier alpha value is -3.95. The summed E-state index contributed by atoms with van der Waals surface area (Å²) < 4.78 is 34.8. The normalized spacial score (nSPS) is 14.7. The molecule has 1 N–H and O–H groups in total. The van der Waals surface area contributed by atoms with Gasteiger partial charge in [-0.15, -0.1) is 0 Å². The Kier molecular flexibility index (Phi) is 5.88. The van der Waals surface area contributed by atoms with Crippen LogP contribution in [0.1, 0.15) is 60.6 Å². The summed E-state index contributed by atoms with van der Waals surface area (Å²) in [6.45, 7) is 5.23. The van der Waals surface area contributed by atoms with E-state index in [0.29, 0.717) is 47.3 Å². The van der Waals surface area contributed by atoms with Crippen molar-refractivity contribution in [3.63, 3.8) is 0 Å². The number of halogens is 2. The van der Waals surface area contributed by atoms with Gasteiger partial charge in [0.1, 0.15) is 23.8 Å². The fourth-order valence-electron chi connectivity index (χ4n) is 4.45. The fraction of sp³-hybridized carbons (Fsp3) is 0.320. The lowest BCUT2D eigenvalue weighted by atomic mass is 9.95. The van der Waals surface area contributed by atoms with Crippen molar-refractivity contribution in [1.82, 2.24) is 20.1 Å². The van der Waals surface area contributed by atoms with Crippen LogP contribution in [0.15, 0.2) is 41.2 Å². The van der Waals surface area contributed by atoms with E-state index in [1.807, 2.05) is 18.7 Å². The maximum absolute atomic E-state index is 15.1. The SMILES string of the molecule is CC(C)c1nc(C2CCN(c3ncnc4c(-c5ccc(C(=O)O)c(F)c5)ccc(F)c34)CC2)no1. The summed E-state index contributed by atoms with van der Waals surface area (Å²) >= 11 is 0. The number of aromatic carboxylic acids is 1. The minimum atomic E-state index is -1.35. The van der Waals surface area contributed by atoms with Crippen molar-refractivity contribution in [3.8, 4) is 11.1 Å². The molecule has 1 saturated heterocycles. The number of carboxylic acid groups (broad SMARTS) is 1. The molecule has 0 amide bonds. The van der Waals surface area contributed by atoms with Gasteiger partial charge in [-0.2, -0.15) is 4.98 Å². The van der Waals surface area contributed by atoms with Crippen LogP contribution >= 0.6 is 0 Å². The van der Waals surface area contributed by atoms with Gasteiger partial charge in [-0.1, -0.05) is 25.1 Å². The van der Waals surface area contributed by atoms with Gasteiger partial charge >= 0.3 is 5.97 Å². The number of anilines is 1. The van der Waals surface area contributed by atoms with Crippen molar-refractivity contribution in [2.75, 3.05) is 18.0 Å². The smallest absolute Gasteiger partial charge is 0.338 e. The van der Waals surface area contributed by atoms with Crippen molar-refractivity contribution in [2.24, 2.45) is 0 Å². The summed E-state index contributed by atoms with van der Waals surface area (Å²) in [6.07, 6.45) is 2.88. The van der Waals surface area contributed by atoms with Crippen molar-refractivity contribution < 1.29 is 23.2 Å². The summed E-state index contributed by atoms with van der Waals surface area (Å²) in [4.78, 5) is 26.4. The predicted octanol–water partition coefficient (Wildman–Crippen LogP) is 5.16. The lowest BCUT2D eigenvalue weighted by Gasteiger charge is -2.32. The predicted molar refractivity (Wildman–Crippen MR) is 124 cm³/mol. The Morgan fingerprint density at radius 2 is 1.89 bits per heavy atom. The van der Waals surface area contributed by atoms with E-state index in [2.05, 4.69) is 20.1 Å². The Bertz CT molecular complexity index is 1410. The van der Waals surface area contributed by atoms with E-state index >= 15 is 4.39 Å². The number of aromatic nitrogens is 4. The molecule has 0 radical (unpaired) electrons. The molecule has 0 unspecified atom stereocenters. The van der Waals surface area contributed by atoms with Gasteiger partial charge in [-0.05, 0) is 42.7 Å². The number of benzene rings is 2. The molecule has 1 fully saturated rings. The molecule has 0 spiro atoms. The monoisotopic (exact) mass is 479 g/mol. The van der Waals surface area contributed by atoms with Gasteiger partial charge in [0.2, 0.25) is 5.89 Å². The molecule has 3 heterocycles. The van der Waals surface area contributed by atoms with Gasteiger partial charge < -0.3 is 14.5 Å². The maximum Gasteiger partial charge on any atom is 0.338 e. The average molecular weight is 479 g/mol. The van der Waals surface area contributed by atoms with Crippen LogP contribution in [0.2, 0.25) is 0 Å². The van der Waals surface area contributed by atoms with E-state index in [0.717, 1.165) is 18.9 Å². The second-order valence-corrected chi connectivity index (χ2v) is 8.92. The summed E-state index contributed by atoms with van der Waals surface area (Å²) in [5, 5.41) is 13.5. The summed E-state index contributed by atoms with van der Waals surface area (Å²) in [5.74, 6) is -0.622. The second-order valence-electron chi connectivity index (χ2n) is 8.92. The number of carboxylic acids is 1. The molecule has 2 aromatic carbocycles. The summed E-state index contributed by atoms with van der Waals surface area (Å²) in [7, 11) is 0. The maximum atomic E-state index is 15.1. The Labute approximate surface area is 199 Å². The molecule has 10 heteroatoms. The highest BCUT2D eigenvalue weighted by molar-refractivity contribution is 6.00. The Balaban J connectivity index is 1.46. The molecule has 35 heavy (non-hydrogen) atoms. The number of hydrogen-bond donors (Lipinski definition) is 1. The van der Waals surface area contributed by atoms with E-state index in [4.69, 9.17) is 9.63 Å². The van der Waals surface area contributed by atoms with Gasteiger partial charge in [-0.25, -0.2) is 23.5 Å². The van der Waals surface area contributed by atoms with Crippen LogP contribution < -0.4 is 4.90 Å². The molecule has 4 aromatic rings. The Morgan fingerprint density at radius 1 is 1.11 bits per heavy atom. The van der Waals surface area contributed by atoms with E-state index in [9.17, 15) is 9.18 Å².